The second-order valence-corrected chi connectivity index (χ2v) is 8.27. The minimum atomic E-state index is -1.01. The highest BCUT2D eigenvalue weighted by atomic mass is 19.2. The molecule has 1 saturated heterocycles. The van der Waals surface area contributed by atoms with Crippen molar-refractivity contribution in [3.8, 4) is 11.1 Å². The lowest BCUT2D eigenvalue weighted by Crippen LogP contribution is -2.52. The summed E-state index contributed by atoms with van der Waals surface area (Å²) in [6, 6.07) is 18.2. The Bertz CT molecular complexity index is 1140. The minimum Gasteiger partial charge on any atom is -0.448 e. The number of aliphatic hydroxyl groups excluding tert-OH is 1. The molecule has 2 aliphatic rings. The molecule has 0 unspecified atom stereocenters. The Kier molecular flexibility index (Phi) is 5.83. The SMILES string of the molecule is O=C(OCC1c2ccccc2-c2ccccc21)N1[C@@H](CO)COC[C@H]1c1ccc(F)c(F)c1. The molecule has 0 spiro atoms. The van der Waals surface area contributed by atoms with Crippen molar-refractivity contribution in [1.29, 1.82) is 0 Å². The quantitative estimate of drug-likeness (QED) is 0.628. The van der Waals surface area contributed by atoms with Gasteiger partial charge in [-0.1, -0.05) is 54.6 Å². The van der Waals surface area contributed by atoms with Crippen LogP contribution in [0.15, 0.2) is 66.7 Å². The number of halogens is 2. The van der Waals surface area contributed by atoms with Crippen molar-refractivity contribution in [2.45, 2.75) is 18.0 Å². The predicted molar refractivity (Wildman–Crippen MR) is 118 cm³/mol. The lowest BCUT2D eigenvalue weighted by molar-refractivity contribution is -0.0603. The fourth-order valence-electron chi connectivity index (χ4n) is 4.79. The summed E-state index contributed by atoms with van der Waals surface area (Å²) in [7, 11) is 0. The minimum absolute atomic E-state index is 0.0891. The molecule has 3 aromatic rings. The molecular weight excluding hydrogens is 428 g/mol. The number of hydrogen-bond donors (Lipinski definition) is 1. The first-order valence-corrected chi connectivity index (χ1v) is 10.9. The van der Waals surface area contributed by atoms with Crippen LogP contribution < -0.4 is 0 Å². The largest absolute Gasteiger partial charge is 0.448 e. The third-order valence-electron chi connectivity index (χ3n) is 6.40. The molecule has 1 aliphatic carbocycles. The van der Waals surface area contributed by atoms with Crippen LogP contribution in [0, 0.1) is 11.6 Å². The first kappa shape index (κ1) is 21.6. The fourth-order valence-corrected chi connectivity index (χ4v) is 4.79. The summed E-state index contributed by atoms with van der Waals surface area (Å²) in [6.07, 6.45) is -0.631. The first-order chi connectivity index (χ1) is 16.1. The zero-order valence-electron chi connectivity index (χ0n) is 17.8. The molecule has 0 saturated carbocycles. The Morgan fingerprint density at radius 2 is 1.64 bits per heavy atom. The number of aliphatic hydroxyl groups is 1. The Morgan fingerprint density at radius 1 is 0.970 bits per heavy atom. The summed E-state index contributed by atoms with van der Waals surface area (Å²) in [6.45, 7) is -0.0100. The molecule has 170 valence electrons. The number of rotatable bonds is 4. The van der Waals surface area contributed by atoms with E-state index in [1.165, 1.54) is 11.0 Å². The lowest BCUT2D eigenvalue weighted by Gasteiger charge is -2.40. The number of carbonyl (C=O) groups excluding carboxylic acids is 1. The molecule has 1 amide bonds. The number of fused-ring (bicyclic) bond motifs is 3. The van der Waals surface area contributed by atoms with Crippen molar-refractivity contribution in [3.05, 3.63) is 95.1 Å². The Morgan fingerprint density at radius 3 is 2.27 bits per heavy atom. The van der Waals surface area contributed by atoms with Gasteiger partial charge in [-0.05, 0) is 39.9 Å². The van der Waals surface area contributed by atoms with Crippen molar-refractivity contribution in [2.24, 2.45) is 0 Å². The summed E-state index contributed by atoms with van der Waals surface area (Å²) in [5.74, 6) is -2.09. The molecule has 1 heterocycles. The van der Waals surface area contributed by atoms with Gasteiger partial charge in [-0.15, -0.1) is 0 Å². The molecule has 2 atom stereocenters. The van der Waals surface area contributed by atoms with Crippen LogP contribution in [0.3, 0.4) is 0 Å². The number of nitrogens with zero attached hydrogens (tertiary/aromatic N) is 1. The average molecular weight is 451 g/mol. The lowest BCUT2D eigenvalue weighted by atomic mass is 9.98. The number of amides is 1. The molecule has 5 nitrogen and oxygen atoms in total. The summed E-state index contributed by atoms with van der Waals surface area (Å²) >= 11 is 0. The normalized spacial score (nSPS) is 19.8. The number of hydrogen-bond acceptors (Lipinski definition) is 4. The van der Waals surface area contributed by atoms with Gasteiger partial charge in [0, 0.05) is 5.92 Å². The van der Waals surface area contributed by atoms with Crippen LogP contribution in [0.1, 0.15) is 28.7 Å². The molecule has 7 heteroatoms. The van der Waals surface area contributed by atoms with E-state index in [0.29, 0.717) is 5.56 Å². The van der Waals surface area contributed by atoms with E-state index in [9.17, 15) is 18.7 Å². The molecule has 33 heavy (non-hydrogen) atoms. The van der Waals surface area contributed by atoms with Crippen molar-refractivity contribution >= 4 is 6.09 Å². The van der Waals surface area contributed by atoms with Crippen LogP contribution in [0.25, 0.3) is 11.1 Å². The van der Waals surface area contributed by atoms with Crippen LogP contribution in [0.4, 0.5) is 13.6 Å². The van der Waals surface area contributed by atoms with Crippen LogP contribution >= 0.6 is 0 Å². The van der Waals surface area contributed by atoms with Gasteiger partial charge in [0.05, 0.1) is 31.9 Å². The maximum absolute atomic E-state index is 13.9. The third-order valence-corrected chi connectivity index (χ3v) is 6.40. The smallest absolute Gasteiger partial charge is 0.410 e. The van der Waals surface area contributed by atoms with Gasteiger partial charge in [0.15, 0.2) is 11.6 Å². The molecule has 1 fully saturated rings. The first-order valence-electron chi connectivity index (χ1n) is 10.9. The monoisotopic (exact) mass is 451 g/mol. The van der Waals surface area contributed by atoms with Crippen LogP contribution in [0.5, 0.6) is 0 Å². The van der Waals surface area contributed by atoms with E-state index < -0.39 is 29.8 Å². The molecule has 1 aliphatic heterocycles. The molecule has 0 radical (unpaired) electrons. The van der Waals surface area contributed by atoms with Gasteiger partial charge in [-0.2, -0.15) is 0 Å². The van der Waals surface area contributed by atoms with E-state index >= 15 is 0 Å². The molecule has 5 rings (SSSR count). The standard InChI is InChI=1S/C26H23F2NO4/c27-23-10-9-16(11-24(23)28)25-15-32-13-17(12-30)29(25)26(31)33-14-22-20-7-3-1-5-18(20)19-6-2-4-8-21(19)22/h1-11,17,22,25,30H,12-15H2/t17-,25-/m0/s1. The van der Waals surface area contributed by atoms with Crippen molar-refractivity contribution in [3.63, 3.8) is 0 Å². The third kappa shape index (κ3) is 3.87. The van der Waals surface area contributed by atoms with E-state index in [1.807, 2.05) is 36.4 Å². The Balaban J connectivity index is 1.40. The van der Waals surface area contributed by atoms with Crippen LogP contribution in [-0.4, -0.2) is 48.6 Å². The van der Waals surface area contributed by atoms with Gasteiger partial charge in [0.2, 0.25) is 0 Å². The molecule has 1 N–H and O–H groups in total. The highest BCUT2D eigenvalue weighted by molar-refractivity contribution is 5.79. The van der Waals surface area contributed by atoms with Gasteiger partial charge in [-0.3, -0.25) is 4.90 Å². The van der Waals surface area contributed by atoms with E-state index in [4.69, 9.17) is 9.47 Å². The summed E-state index contributed by atoms with van der Waals surface area (Å²) in [5.41, 5.74) is 4.79. The summed E-state index contributed by atoms with van der Waals surface area (Å²) in [5, 5.41) is 9.85. The highest BCUT2D eigenvalue weighted by Gasteiger charge is 2.38. The zero-order valence-corrected chi connectivity index (χ0v) is 17.8. The van der Waals surface area contributed by atoms with Crippen molar-refractivity contribution < 1.29 is 28.2 Å². The van der Waals surface area contributed by atoms with Gasteiger partial charge in [0.1, 0.15) is 6.61 Å². The zero-order chi connectivity index (χ0) is 22.9. The van der Waals surface area contributed by atoms with Gasteiger partial charge >= 0.3 is 6.09 Å². The van der Waals surface area contributed by atoms with Gasteiger partial charge in [-0.25, -0.2) is 13.6 Å². The highest BCUT2D eigenvalue weighted by Crippen LogP contribution is 2.44. The fraction of sp³-hybridized carbons (Fsp3) is 0.269. The maximum Gasteiger partial charge on any atom is 0.410 e. The number of carbonyl (C=O) groups is 1. The van der Waals surface area contributed by atoms with Gasteiger partial charge in [0.25, 0.3) is 0 Å². The summed E-state index contributed by atoms with van der Waals surface area (Å²) in [4.78, 5) is 14.6. The molecule has 0 aromatic heterocycles. The Labute approximate surface area is 190 Å². The number of benzene rings is 3. The van der Waals surface area contributed by atoms with E-state index in [0.717, 1.165) is 34.4 Å². The van der Waals surface area contributed by atoms with E-state index in [1.54, 1.807) is 0 Å². The molecular formula is C26H23F2NO4. The van der Waals surface area contributed by atoms with Crippen LogP contribution in [-0.2, 0) is 9.47 Å². The van der Waals surface area contributed by atoms with Crippen molar-refractivity contribution in [1.82, 2.24) is 4.90 Å². The molecule has 3 aromatic carbocycles. The number of ether oxygens (including phenoxy) is 2. The van der Waals surface area contributed by atoms with E-state index in [-0.39, 0.29) is 32.3 Å². The summed E-state index contributed by atoms with van der Waals surface area (Å²) < 4.78 is 38.6. The van der Waals surface area contributed by atoms with Crippen LogP contribution in [0.2, 0.25) is 0 Å². The van der Waals surface area contributed by atoms with Crippen molar-refractivity contribution in [2.75, 3.05) is 26.4 Å². The van der Waals surface area contributed by atoms with Gasteiger partial charge < -0.3 is 14.6 Å². The second-order valence-electron chi connectivity index (χ2n) is 8.27. The maximum atomic E-state index is 13.9. The topological polar surface area (TPSA) is 59.0 Å². The Hall–Kier alpha value is -3.29. The second kappa shape index (κ2) is 8.92. The van der Waals surface area contributed by atoms with E-state index in [2.05, 4.69) is 12.1 Å². The predicted octanol–water partition coefficient (Wildman–Crippen LogP) is 4.65. The molecule has 0 bridgehead atoms. The average Bonchev–Trinajstić information content (AvgIpc) is 3.17. The number of morpholine rings is 1.